The first kappa shape index (κ1) is 21.9. The number of piperidine rings is 1. The average molecular weight is 433 g/mol. The molecule has 25 heavy (non-hydrogen) atoms. The van der Waals surface area contributed by atoms with E-state index in [1.807, 2.05) is 17.0 Å². The van der Waals surface area contributed by atoms with Crippen molar-refractivity contribution in [1.82, 2.24) is 15.5 Å². The highest BCUT2D eigenvalue weighted by Gasteiger charge is 2.22. The van der Waals surface area contributed by atoms with Crippen molar-refractivity contribution >= 4 is 40.2 Å². The highest BCUT2D eigenvalue weighted by atomic mass is 79.9. The molecule has 0 saturated carbocycles. The topological polar surface area (TPSA) is 61.4 Å². The summed E-state index contributed by atoms with van der Waals surface area (Å²) in [6.45, 7) is 6.19. The zero-order chi connectivity index (χ0) is 17.4. The third-order valence-corrected chi connectivity index (χ3v) is 4.91. The van der Waals surface area contributed by atoms with Gasteiger partial charge in [-0.05, 0) is 56.1 Å². The standard InChI is InChI=1S/C18H26BrN3O2.ClH/c1-2-20-13-14-8-11-22(12-9-14)17(23)7-10-21-18(24)15-3-5-16(19)6-4-15;/h3-6,14,20H,2,7-13H2,1H3,(H,21,24);1H. The molecule has 0 aromatic heterocycles. The molecule has 1 heterocycles. The molecule has 0 unspecified atom stereocenters. The summed E-state index contributed by atoms with van der Waals surface area (Å²) < 4.78 is 0.937. The van der Waals surface area contributed by atoms with E-state index in [0.29, 0.717) is 24.4 Å². The molecule has 1 aromatic rings. The number of benzene rings is 1. The Balaban J connectivity index is 0.00000312. The normalized spacial score (nSPS) is 14.7. The van der Waals surface area contributed by atoms with Gasteiger partial charge in [0.1, 0.15) is 0 Å². The molecule has 1 fully saturated rings. The Morgan fingerprint density at radius 2 is 1.84 bits per heavy atom. The second-order valence-corrected chi connectivity index (χ2v) is 7.06. The van der Waals surface area contributed by atoms with E-state index < -0.39 is 0 Å². The fourth-order valence-corrected chi connectivity index (χ4v) is 3.14. The number of likely N-dealkylation sites (tertiary alicyclic amines) is 1. The molecule has 5 nitrogen and oxygen atoms in total. The number of hydrogen-bond acceptors (Lipinski definition) is 3. The molecular formula is C18H27BrClN3O2. The van der Waals surface area contributed by atoms with Crippen LogP contribution in [0.5, 0.6) is 0 Å². The van der Waals surface area contributed by atoms with Crippen molar-refractivity contribution in [2.24, 2.45) is 5.92 Å². The lowest BCUT2D eigenvalue weighted by atomic mass is 9.96. The molecule has 0 aliphatic carbocycles. The van der Waals surface area contributed by atoms with Crippen LogP contribution in [0.1, 0.15) is 36.5 Å². The largest absolute Gasteiger partial charge is 0.352 e. The van der Waals surface area contributed by atoms with E-state index >= 15 is 0 Å². The van der Waals surface area contributed by atoms with Crippen LogP contribution in [-0.4, -0.2) is 49.4 Å². The summed E-state index contributed by atoms with van der Waals surface area (Å²) >= 11 is 3.34. The lowest BCUT2D eigenvalue weighted by Gasteiger charge is -2.32. The molecule has 1 aliphatic rings. The summed E-state index contributed by atoms with van der Waals surface area (Å²) in [5, 5.41) is 6.19. The van der Waals surface area contributed by atoms with Crippen LogP contribution in [-0.2, 0) is 4.79 Å². The first-order chi connectivity index (χ1) is 11.6. The van der Waals surface area contributed by atoms with Gasteiger partial charge in [-0.15, -0.1) is 12.4 Å². The number of amides is 2. The van der Waals surface area contributed by atoms with Gasteiger partial charge < -0.3 is 15.5 Å². The minimum atomic E-state index is -0.139. The Morgan fingerprint density at radius 1 is 1.20 bits per heavy atom. The van der Waals surface area contributed by atoms with Crippen LogP contribution in [0.4, 0.5) is 0 Å². The van der Waals surface area contributed by atoms with Gasteiger partial charge in [0.15, 0.2) is 0 Å². The minimum Gasteiger partial charge on any atom is -0.352 e. The van der Waals surface area contributed by atoms with Crippen molar-refractivity contribution in [1.29, 1.82) is 0 Å². The first-order valence-corrected chi connectivity index (χ1v) is 9.41. The summed E-state index contributed by atoms with van der Waals surface area (Å²) in [5.74, 6) is 0.666. The molecule has 140 valence electrons. The molecule has 2 rings (SSSR count). The Hall–Kier alpha value is -1.11. The van der Waals surface area contributed by atoms with Crippen LogP contribution in [0.2, 0.25) is 0 Å². The van der Waals surface area contributed by atoms with Crippen LogP contribution in [0, 0.1) is 5.92 Å². The molecule has 0 radical (unpaired) electrons. The van der Waals surface area contributed by atoms with E-state index in [9.17, 15) is 9.59 Å². The third-order valence-electron chi connectivity index (χ3n) is 4.38. The van der Waals surface area contributed by atoms with Gasteiger partial charge in [0.25, 0.3) is 5.91 Å². The van der Waals surface area contributed by atoms with Crippen LogP contribution < -0.4 is 10.6 Å². The SMILES string of the molecule is CCNCC1CCN(C(=O)CCNC(=O)c2ccc(Br)cc2)CC1.Cl. The second kappa shape index (κ2) is 11.5. The number of carbonyl (C=O) groups is 2. The summed E-state index contributed by atoms with van der Waals surface area (Å²) in [5.41, 5.74) is 0.606. The molecule has 1 aromatic carbocycles. The number of hydrogen-bond donors (Lipinski definition) is 2. The predicted molar refractivity (Wildman–Crippen MR) is 106 cm³/mol. The Kier molecular flexibility index (Phi) is 10.1. The second-order valence-electron chi connectivity index (χ2n) is 6.14. The zero-order valence-electron chi connectivity index (χ0n) is 14.6. The molecule has 7 heteroatoms. The summed E-state index contributed by atoms with van der Waals surface area (Å²) in [7, 11) is 0. The Morgan fingerprint density at radius 3 is 2.44 bits per heavy atom. The Labute approximate surface area is 164 Å². The number of halogens is 2. The van der Waals surface area contributed by atoms with Gasteiger partial charge in [0, 0.05) is 36.1 Å². The fraction of sp³-hybridized carbons (Fsp3) is 0.556. The maximum Gasteiger partial charge on any atom is 0.251 e. The van der Waals surface area contributed by atoms with E-state index in [1.165, 1.54) is 0 Å². The van der Waals surface area contributed by atoms with Crippen LogP contribution in [0.3, 0.4) is 0 Å². The van der Waals surface area contributed by atoms with Crippen LogP contribution >= 0.6 is 28.3 Å². The molecule has 1 saturated heterocycles. The molecule has 0 spiro atoms. The van der Waals surface area contributed by atoms with Gasteiger partial charge >= 0.3 is 0 Å². The van der Waals surface area contributed by atoms with Gasteiger partial charge in [0.2, 0.25) is 5.91 Å². The average Bonchev–Trinajstić information content (AvgIpc) is 2.60. The van der Waals surface area contributed by atoms with Gasteiger partial charge in [0.05, 0.1) is 0 Å². The third kappa shape index (κ3) is 7.34. The number of rotatable bonds is 7. The van der Waals surface area contributed by atoms with E-state index in [0.717, 1.165) is 43.5 Å². The van der Waals surface area contributed by atoms with Crippen molar-refractivity contribution in [2.45, 2.75) is 26.2 Å². The smallest absolute Gasteiger partial charge is 0.251 e. The predicted octanol–water partition coefficient (Wildman–Crippen LogP) is 2.84. The lowest BCUT2D eigenvalue weighted by molar-refractivity contribution is -0.132. The monoisotopic (exact) mass is 431 g/mol. The zero-order valence-corrected chi connectivity index (χ0v) is 17.0. The van der Waals surface area contributed by atoms with Gasteiger partial charge in [-0.2, -0.15) is 0 Å². The summed E-state index contributed by atoms with van der Waals surface area (Å²) in [6.07, 6.45) is 2.48. The highest BCUT2D eigenvalue weighted by Crippen LogP contribution is 2.17. The van der Waals surface area contributed by atoms with Gasteiger partial charge in [-0.1, -0.05) is 22.9 Å². The molecular weight excluding hydrogens is 406 g/mol. The summed E-state index contributed by atoms with van der Waals surface area (Å²) in [4.78, 5) is 26.2. The quantitative estimate of drug-likeness (QED) is 0.696. The highest BCUT2D eigenvalue weighted by molar-refractivity contribution is 9.10. The molecule has 0 atom stereocenters. The van der Waals surface area contributed by atoms with Crippen molar-refractivity contribution < 1.29 is 9.59 Å². The summed E-state index contributed by atoms with van der Waals surface area (Å²) in [6, 6.07) is 7.18. The van der Waals surface area contributed by atoms with Crippen LogP contribution in [0.15, 0.2) is 28.7 Å². The molecule has 1 aliphatic heterocycles. The van der Waals surface area contributed by atoms with E-state index in [1.54, 1.807) is 12.1 Å². The minimum absolute atomic E-state index is 0. The number of carbonyl (C=O) groups excluding carboxylic acids is 2. The number of nitrogens with one attached hydrogen (secondary N) is 2. The Bertz CT molecular complexity index is 546. The van der Waals surface area contributed by atoms with Gasteiger partial charge in [-0.3, -0.25) is 9.59 Å². The van der Waals surface area contributed by atoms with Crippen molar-refractivity contribution in [3.05, 3.63) is 34.3 Å². The van der Waals surface area contributed by atoms with Crippen molar-refractivity contribution in [2.75, 3.05) is 32.7 Å². The van der Waals surface area contributed by atoms with Gasteiger partial charge in [-0.25, -0.2) is 0 Å². The maximum absolute atomic E-state index is 12.2. The lowest BCUT2D eigenvalue weighted by Crippen LogP contribution is -2.41. The molecule has 2 N–H and O–H groups in total. The molecule has 2 amide bonds. The molecule has 0 bridgehead atoms. The maximum atomic E-state index is 12.2. The van der Waals surface area contributed by atoms with Crippen molar-refractivity contribution in [3.8, 4) is 0 Å². The van der Waals surface area contributed by atoms with E-state index in [4.69, 9.17) is 0 Å². The van der Waals surface area contributed by atoms with E-state index in [-0.39, 0.29) is 24.2 Å². The van der Waals surface area contributed by atoms with E-state index in [2.05, 4.69) is 33.5 Å². The first-order valence-electron chi connectivity index (χ1n) is 8.62. The van der Waals surface area contributed by atoms with Crippen LogP contribution in [0.25, 0.3) is 0 Å². The van der Waals surface area contributed by atoms with Crippen molar-refractivity contribution in [3.63, 3.8) is 0 Å². The fourth-order valence-electron chi connectivity index (χ4n) is 2.88. The number of nitrogens with zero attached hydrogens (tertiary/aromatic N) is 1.